The van der Waals surface area contributed by atoms with Crippen LogP contribution < -0.4 is 0 Å². The summed E-state index contributed by atoms with van der Waals surface area (Å²) < 4.78 is 0. The van der Waals surface area contributed by atoms with E-state index in [4.69, 9.17) is 0 Å². The van der Waals surface area contributed by atoms with Crippen LogP contribution in [-0.4, -0.2) is 11.0 Å². The van der Waals surface area contributed by atoms with Gasteiger partial charge in [-0.2, -0.15) is 0 Å². The Balaban J connectivity index is -0.00000000500. The van der Waals surface area contributed by atoms with Gasteiger partial charge in [-0.05, 0) is 0 Å². The normalized spacial score (nSPS) is 1.50. The summed E-state index contributed by atoms with van der Waals surface area (Å²) in [5.41, 5.74) is 0. The van der Waals surface area contributed by atoms with Crippen LogP contribution in [0.25, 0.3) is 0 Å². The van der Waals surface area contributed by atoms with Gasteiger partial charge in [-0.1, -0.05) is 0 Å². The summed E-state index contributed by atoms with van der Waals surface area (Å²) in [6.07, 6.45) is 0. The van der Waals surface area contributed by atoms with Crippen LogP contribution in [0, 0.1) is 0 Å². The van der Waals surface area contributed by atoms with E-state index in [-0.39, 0.29) is 11.0 Å². The summed E-state index contributed by atoms with van der Waals surface area (Å²) in [6, 6.07) is 0. The van der Waals surface area contributed by atoms with Gasteiger partial charge in [-0.3, -0.25) is 0 Å². The van der Waals surface area contributed by atoms with Gasteiger partial charge in [-0.15, -0.1) is 0 Å². The zero-order valence-corrected chi connectivity index (χ0v) is 3.53. The molecule has 0 saturated heterocycles. The summed E-state index contributed by atoms with van der Waals surface area (Å²) in [5.74, 6) is 0. The van der Waals surface area contributed by atoms with E-state index < -0.39 is 0 Å². The fourth-order valence-electron chi connectivity index (χ4n) is 0. The second-order valence-corrected chi connectivity index (χ2v) is 0. The fourth-order valence-corrected chi connectivity index (χ4v) is 0. The van der Waals surface area contributed by atoms with Gasteiger partial charge in [-0.25, -0.2) is 0 Å². The Morgan fingerprint density at radius 3 is 1.00 bits per heavy atom. The van der Waals surface area contributed by atoms with Gasteiger partial charge in [0.1, 0.15) is 0 Å². The summed E-state index contributed by atoms with van der Waals surface area (Å²) in [7, 11) is 3.71. The van der Waals surface area contributed by atoms with Crippen molar-refractivity contribution in [3.8, 4) is 0 Å². The predicted octanol–water partition coefficient (Wildman–Crippen LogP) is -1.00. The van der Waals surface area contributed by atoms with Crippen LogP contribution in [0.3, 0.4) is 0 Å². The molecule has 0 atom stereocenters. The van der Waals surface area contributed by atoms with E-state index >= 15 is 0 Å². The first-order valence-electron chi connectivity index (χ1n) is 0.129. The Morgan fingerprint density at radius 2 is 1.00 bits per heavy atom. The molecule has 0 aliphatic heterocycles. The SMILES string of the molecule is O.O.[S]=[Ni]. The maximum atomic E-state index is 3.71. The Morgan fingerprint density at radius 1 is 1.00 bits per heavy atom. The molecule has 0 fully saturated rings. The summed E-state index contributed by atoms with van der Waals surface area (Å²) >= 11 is 3.46. The molecule has 32 valence electrons. The van der Waals surface area contributed by atoms with Gasteiger partial charge in [0.05, 0.1) is 0 Å². The molecule has 4 N–H and O–H groups in total. The third-order valence-corrected chi connectivity index (χ3v) is 0. The first kappa shape index (κ1) is 22.9. The molecule has 4 heteroatoms. The predicted molar refractivity (Wildman–Crippen MR) is 14.8 cm³/mol. The van der Waals surface area contributed by atoms with E-state index in [9.17, 15) is 0 Å². The van der Waals surface area contributed by atoms with E-state index in [0.29, 0.717) is 0 Å². The number of hydrogen-bond donors (Lipinski definition) is 0. The van der Waals surface area contributed by atoms with Crippen molar-refractivity contribution < 1.29 is 24.8 Å². The van der Waals surface area contributed by atoms with Crippen molar-refractivity contribution in [3.63, 3.8) is 0 Å². The van der Waals surface area contributed by atoms with Crippen molar-refractivity contribution in [2.75, 3.05) is 0 Å². The number of hydrogen-bond acceptors (Lipinski definition) is 1. The van der Waals surface area contributed by atoms with Crippen molar-refractivity contribution in [2.45, 2.75) is 0 Å². The standard InChI is InChI=1S/Ni.2H2O.S/h;2*1H2;. The Bertz CT molecular complexity index is 6.00. The molecular formula is H4NiO2S. The molecule has 0 aliphatic rings. The van der Waals surface area contributed by atoms with Gasteiger partial charge in [0.15, 0.2) is 0 Å². The van der Waals surface area contributed by atoms with E-state index in [1.54, 1.807) is 0 Å². The average Bonchev–Trinajstić information content (AvgIpc) is 1.00. The molecule has 0 amide bonds. The molecular weight excluding hydrogens is 123 g/mol. The van der Waals surface area contributed by atoms with Crippen LogP contribution in [0.15, 0.2) is 0 Å². The molecule has 0 rings (SSSR count). The third kappa shape index (κ3) is 17.5. The topological polar surface area (TPSA) is 63.0 Å². The first-order valence-corrected chi connectivity index (χ1v) is 1.60. The maximum absolute atomic E-state index is 3.71. The van der Waals surface area contributed by atoms with Crippen LogP contribution in [0.5, 0.6) is 0 Å². The minimum absolute atomic E-state index is 0. The molecule has 2 nitrogen and oxygen atoms in total. The van der Waals surface area contributed by atoms with Gasteiger partial charge in [0.2, 0.25) is 0 Å². The van der Waals surface area contributed by atoms with E-state index in [2.05, 4.69) is 24.5 Å². The number of rotatable bonds is 0. The molecule has 0 aliphatic carbocycles. The van der Waals surface area contributed by atoms with Gasteiger partial charge >= 0.3 is 24.5 Å². The second-order valence-electron chi connectivity index (χ2n) is 0. The van der Waals surface area contributed by atoms with Crippen LogP contribution in [0.4, 0.5) is 0 Å². The summed E-state index contributed by atoms with van der Waals surface area (Å²) in [6.45, 7) is 0. The van der Waals surface area contributed by atoms with Crippen LogP contribution in [-0.2, 0) is 13.9 Å². The zero-order chi connectivity index (χ0) is 2.00. The molecule has 0 aromatic heterocycles. The Hall–Kier alpha value is 0.634. The fraction of sp³-hybridized carbons (Fsp3) is 0. The molecule has 0 unspecified atom stereocenters. The molecule has 0 saturated carbocycles. The van der Waals surface area contributed by atoms with Crippen molar-refractivity contribution in [2.24, 2.45) is 0 Å². The average molecular weight is 127 g/mol. The summed E-state index contributed by atoms with van der Waals surface area (Å²) in [4.78, 5) is 0. The molecule has 0 heterocycles. The van der Waals surface area contributed by atoms with E-state index in [0.717, 1.165) is 0 Å². The Kier molecular flexibility index (Phi) is 360. The van der Waals surface area contributed by atoms with E-state index in [1.165, 1.54) is 0 Å². The van der Waals surface area contributed by atoms with Crippen molar-refractivity contribution in [1.82, 2.24) is 0 Å². The van der Waals surface area contributed by atoms with Crippen molar-refractivity contribution in [3.05, 3.63) is 0 Å². The van der Waals surface area contributed by atoms with Crippen LogP contribution >= 0.6 is 10.7 Å². The van der Waals surface area contributed by atoms with Gasteiger partial charge < -0.3 is 11.0 Å². The quantitative estimate of drug-likeness (QED) is 0.384. The van der Waals surface area contributed by atoms with Gasteiger partial charge in [0.25, 0.3) is 0 Å². The third-order valence-electron chi connectivity index (χ3n) is 0. The van der Waals surface area contributed by atoms with Crippen molar-refractivity contribution >= 4 is 10.7 Å². The molecule has 0 spiro atoms. The monoisotopic (exact) mass is 126 g/mol. The molecule has 0 bridgehead atoms. The van der Waals surface area contributed by atoms with Gasteiger partial charge in [0, 0.05) is 0 Å². The molecule has 0 aromatic rings. The minimum atomic E-state index is 0. The van der Waals surface area contributed by atoms with Crippen LogP contribution in [0.1, 0.15) is 0 Å². The molecule has 4 heavy (non-hydrogen) atoms. The van der Waals surface area contributed by atoms with E-state index in [1.807, 2.05) is 0 Å². The first-order chi connectivity index (χ1) is 1.00. The second kappa shape index (κ2) is 62.8. The Labute approximate surface area is 36.1 Å². The van der Waals surface area contributed by atoms with Crippen molar-refractivity contribution in [1.29, 1.82) is 0 Å². The summed E-state index contributed by atoms with van der Waals surface area (Å²) in [5, 5.41) is 0. The molecule has 0 radical (unpaired) electrons. The molecule has 0 aromatic carbocycles. The zero-order valence-electron chi connectivity index (χ0n) is 1.72. The van der Waals surface area contributed by atoms with Crippen LogP contribution in [0.2, 0.25) is 0 Å².